The number of carboxylic acid groups (broad SMARTS) is 1. The monoisotopic (exact) mass is 502 g/mol. The van der Waals surface area contributed by atoms with Gasteiger partial charge in [-0.05, 0) is 57.1 Å². The molecule has 0 spiro atoms. The lowest BCUT2D eigenvalue weighted by Gasteiger charge is -2.28. The van der Waals surface area contributed by atoms with Crippen LogP contribution in [0.3, 0.4) is 0 Å². The number of halogens is 2. The van der Waals surface area contributed by atoms with E-state index in [1.807, 2.05) is 38.2 Å². The van der Waals surface area contributed by atoms with E-state index in [4.69, 9.17) is 33.0 Å². The van der Waals surface area contributed by atoms with E-state index in [-0.39, 0.29) is 22.2 Å². The van der Waals surface area contributed by atoms with Gasteiger partial charge in [0.2, 0.25) is 0 Å². The first kappa shape index (κ1) is 25.8. The average molecular weight is 503 g/mol. The Labute approximate surface area is 209 Å². The van der Waals surface area contributed by atoms with E-state index in [9.17, 15) is 9.59 Å². The van der Waals surface area contributed by atoms with E-state index in [0.29, 0.717) is 36.8 Å². The Balaban J connectivity index is 1.86. The zero-order valence-corrected chi connectivity index (χ0v) is 20.9. The number of hydrogen-bond donors (Lipinski definition) is 1. The molecule has 0 aliphatic heterocycles. The second-order valence-corrected chi connectivity index (χ2v) is 8.87. The van der Waals surface area contributed by atoms with Crippen molar-refractivity contribution in [3.05, 3.63) is 97.4 Å². The standard InChI is InChI=1S/C26H28Cl2N2O4/c1-4-34-24-8-6-5-7-20(24)17(2)29(3)16-23-21(27)15-22(28)25(31)30(23)14-13-18-9-11-19(12-10-18)26(32)33/h5-12,15,17H,4,13-14,16H2,1-3H3,(H,32,33). The van der Waals surface area contributed by atoms with Gasteiger partial charge in [-0.2, -0.15) is 0 Å². The highest BCUT2D eigenvalue weighted by molar-refractivity contribution is 6.34. The summed E-state index contributed by atoms with van der Waals surface area (Å²) >= 11 is 12.7. The fourth-order valence-corrected chi connectivity index (χ4v) is 4.35. The molecule has 34 heavy (non-hydrogen) atoms. The Morgan fingerprint density at radius 2 is 1.79 bits per heavy atom. The molecule has 3 rings (SSSR count). The van der Waals surface area contributed by atoms with Gasteiger partial charge in [0, 0.05) is 24.7 Å². The van der Waals surface area contributed by atoms with Crippen molar-refractivity contribution in [3.63, 3.8) is 0 Å². The van der Waals surface area contributed by atoms with Gasteiger partial charge < -0.3 is 14.4 Å². The summed E-state index contributed by atoms with van der Waals surface area (Å²) in [7, 11) is 1.97. The van der Waals surface area contributed by atoms with Gasteiger partial charge in [0.1, 0.15) is 10.8 Å². The third-order valence-electron chi connectivity index (χ3n) is 5.86. The molecular formula is C26H28Cl2N2O4. The van der Waals surface area contributed by atoms with Gasteiger partial charge in [-0.3, -0.25) is 9.69 Å². The number of hydrogen-bond acceptors (Lipinski definition) is 4. The first-order chi connectivity index (χ1) is 16.2. The average Bonchev–Trinajstić information content (AvgIpc) is 2.82. The number of carbonyl (C=O) groups is 1. The number of ether oxygens (including phenoxy) is 1. The molecule has 0 aliphatic rings. The van der Waals surface area contributed by atoms with Gasteiger partial charge >= 0.3 is 5.97 Å². The molecular weight excluding hydrogens is 475 g/mol. The van der Waals surface area contributed by atoms with Crippen LogP contribution >= 0.6 is 23.2 Å². The number of aromatic carboxylic acids is 1. The minimum atomic E-state index is -0.977. The van der Waals surface area contributed by atoms with Gasteiger partial charge in [-0.15, -0.1) is 0 Å². The van der Waals surface area contributed by atoms with Gasteiger partial charge in [0.25, 0.3) is 5.56 Å². The van der Waals surface area contributed by atoms with E-state index in [1.165, 1.54) is 6.07 Å². The lowest BCUT2D eigenvalue weighted by Crippen LogP contribution is -2.30. The smallest absolute Gasteiger partial charge is 0.335 e. The van der Waals surface area contributed by atoms with Crippen molar-refractivity contribution in [3.8, 4) is 5.75 Å². The van der Waals surface area contributed by atoms with Gasteiger partial charge in [-0.25, -0.2) is 4.79 Å². The number of para-hydroxylation sites is 1. The third kappa shape index (κ3) is 6.00. The molecule has 6 nitrogen and oxygen atoms in total. The fourth-order valence-electron chi connectivity index (χ4n) is 3.81. The van der Waals surface area contributed by atoms with Gasteiger partial charge in [-0.1, -0.05) is 53.5 Å². The molecule has 3 aromatic rings. The summed E-state index contributed by atoms with van der Waals surface area (Å²) in [4.78, 5) is 26.1. The van der Waals surface area contributed by atoms with E-state index >= 15 is 0 Å². The number of pyridine rings is 1. The lowest BCUT2D eigenvalue weighted by molar-refractivity contribution is 0.0697. The normalized spacial score (nSPS) is 12.1. The SMILES string of the molecule is CCOc1ccccc1C(C)N(C)Cc1c(Cl)cc(Cl)c(=O)n1CCc1ccc(C(=O)O)cc1. The molecule has 0 amide bonds. The molecule has 8 heteroatoms. The molecule has 1 aromatic heterocycles. The van der Waals surface area contributed by atoms with Crippen LogP contribution in [-0.2, 0) is 19.5 Å². The molecule has 0 saturated heterocycles. The van der Waals surface area contributed by atoms with Crippen molar-refractivity contribution in [2.75, 3.05) is 13.7 Å². The molecule has 1 unspecified atom stereocenters. The van der Waals surface area contributed by atoms with E-state index in [1.54, 1.807) is 28.8 Å². The van der Waals surface area contributed by atoms with Crippen molar-refractivity contribution in [1.82, 2.24) is 9.47 Å². The molecule has 1 heterocycles. The summed E-state index contributed by atoms with van der Waals surface area (Å²) in [5.74, 6) is -0.150. The van der Waals surface area contributed by atoms with Crippen LogP contribution in [0, 0.1) is 0 Å². The second kappa shape index (κ2) is 11.6. The van der Waals surface area contributed by atoms with Crippen LogP contribution in [-0.4, -0.2) is 34.2 Å². The Morgan fingerprint density at radius 1 is 1.12 bits per heavy atom. The van der Waals surface area contributed by atoms with Crippen molar-refractivity contribution in [2.24, 2.45) is 0 Å². The minimum absolute atomic E-state index is 0.00149. The highest BCUT2D eigenvalue weighted by Crippen LogP contribution is 2.30. The predicted molar refractivity (Wildman–Crippen MR) is 135 cm³/mol. The molecule has 1 atom stereocenters. The maximum Gasteiger partial charge on any atom is 0.335 e. The minimum Gasteiger partial charge on any atom is -0.494 e. The predicted octanol–water partition coefficient (Wildman–Crippen LogP) is 5.69. The molecule has 180 valence electrons. The summed E-state index contributed by atoms with van der Waals surface area (Å²) in [5, 5.41) is 9.57. The van der Waals surface area contributed by atoms with Crippen molar-refractivity contribution < 1.29 is 14.6 Å². The second-order valence-electron chi connectivity index (χ2n) is 8.06. The molecule has 0 fully saturated rings. The number of aryl methyl sites for hydroxylation is 1. The number of carboxylic acids is 1. The van der Waals surface area contributed by atoms with Crippen LogP contribution in [0.1, 0.15) is 47.1 Å². The number of nitrogens with zero attached hydrogens (tertiary/aromatic N) is 2. The molecule has 2 aromatic carbocycles. The highest BCUT2D eigenvalue weighted by atomic mass is 35.5. The van der Waals surface area contributed by atoms with E-state index in [2.05, 4.69) is 11.8 Å². The maximum atomic E-state index is 12.9. The van der Waals surface area contributed by atoms with Gasteiger partial charge in [0.05, 0.1) is 22.9 Å². The molecule has 0 bridgehead atoms. The summed E-state index contributed by atoms with van der Waals surface area (Å²) in [6.07, 6.45) is 0.524. The zero-order valence-electron chi connectivity index (χ0n) is 19.4. The Hall–Kier alpha value is -2.80. The van der Waals surface area contributed by atoms with Gasteiger partial charge in [0.15, 0.2) is 0 Å². The van der Waals surface area contributed by atoms with Crippen LogP contribution in [0.15, 0.2) is 59.4 Å². The van der Waals surface area contributed by atoms with Crippen LogP contribution < -0.4 is 10.3 Å². The summed E-state index contributed by atoms with van der Waals surface area (Å²) in [5.41, 5.74) is 2.53. The topological polar surface area (TPSA) is 71.8 Å². The maximum absolute atomic E-state index is 12.9. The lowest BCUT2D eigenvalue weighted by atomic mass is 10.1. The van der Waals surface area contributed by atoms with Crippen LogP contribution in [0.4, 0.5) is 0 Å². The Bertz CT molecular complexity index is 1210. The summed E-state index contributed by atoms with van der Waals surface area (Å²) < 4.78 is 7.39. The van der Waals surface area contributed by atoms with Crippen molar-refractivity contribution >= 4 is 29.2 Å². The number of benzene rings is 2. The molecule has 0 saturated carbocycles. The molecule has 0 radical (unpaired) electrons. The molecule has 0 aliphatic carbocycles. The van der Waals surface area contributed by atoms with Crippen LogP contribution in [0.25, 0.3) is 0 Å². The van der Waals surface area contributed by atoms with Crippen molar-refractivity contribution in [2.45, 2.75) is 39.4 Å². The Kier molecular flexibility index (Phi) is 8.78. The number of rotatable bonds is 10. The molecule has 1 N–H and O–H groups in total. The quantitative estimate of drug-likeness (QED) is 0.385. The van der Waals surface area contributed by atoms with Crippen molar-refractivity contribution in [1.29, 1.82) is 0 Å². The highest BCUT2D eigenvalue weighted by Gasteiger charge is 2.20. The number of aromatic nitrogens is 1. The first-order valence-electron chi connectivity index (χ1n) is 11.0. The third-order valence-corrected chi connectivity index (χ3v) is 6.46. The Morgan fingerprint density at radius 3 is 2.44 bits per heavy atom. The van der Waals surface area contributed by atoms with Crippen LogP contribution in [0.5, 0.6) is 5.75 Å². The summed E-state index contributed by atoms with van der Waals surface area (Å²) in [6, 6.07) is 16.0. The fraction of sp³-hybridized carbons (Fsp3) is 0.308. The van der Waals surface area contributed by atoms with Crippen LogP contribution in [0.2, 0.25) is 10.0 Å². The zero-order chi connectivity index (χ0) is 24.8. The summed E-state index contributed by atoms with van der Waals surface area (Å²) in [6.45, 7) is 5.38. The van der Waals surface area contributed by atoms with E-state index < -0.39 is 5.97 Å². The first-order valence-corrected chi connectivity index (χ1v) is 11.8. The van der Waals surface area contributed by atoms with E-state index in [0.717, 1.165) is 16.9 Å². The largest absolute Gasteiger partial charge is 0.494 e.